The molecule has 0 saturated carbocycles. The van der Waals surface area contributed by atoms with Crippen LogP contribution in [0.2, 0.25) is 0 Å². The number of nitrogens with zero attached hydrogens (tertiary/aromatic N) is 3. The first-order chi connectivity index (χ1) is 14.0. The van der Waals surface area contributed by atoms with E-state index in [9.17, 15) is 9.59 Å². The van der Waals surface area contributed by atoms with Crippen LogP contribution in [0.4, 0.5) is 5.69 Å². The van der Waals surface area contributed by atoms with Crippen LogP contribution in [-0.4, -0.2) is 44.4 Å². The van der Waals surface area contributed by atoms with E-state index in [0.717, 1.165) is 15.9 Å². The molecular formula is C20H19N3O5S. The normalized spacial score (nSPS) is 13.0. The topological polar surface area (TPSA) is 82.4 Å². The first-order valence-electron chi connectivity index (χ1n) is 8.82. The van der Waals surface area contributed by atoms with Gasteiger partial charge in [0.1, 0.15) is 6.54 Å². The van der Waals surface area contributed by atoms with Gasteiger partial charge in [-0.3, -0.25) is 9.59 Å². The molecule has 8 nitrogen and oxygen atoms in total. The maximum atomic E-state index is 12.7. The predicted octanol–water partition coefficient (Wildman–Crippen LogP) is 2.41. The Balaban J connectivity index is 1.79. The number of hydrogen-bond acceptors (Lipinski definition) is 7. The Morgan fingerprint density at radius 3 is 2.52 bits per heavy atom. The van der Waals surface area contributed by atoms with Crippen molar-refractivity contribution in [3.05, 3.63) is 46.8 Å². The molecule has 0 aliphatic carbocycles. The Bertz CT molecular complexity index is 1160. The van der Waals surface area contributed by atoms with Crippen LogP contribution in [0, 0.1) is 0 Å². The van der Waals surface area contributed by atoms with Crippen LogP contribution >= 0.6 is 11.3 Å². The molecular weight excluding hydrogens is 394 g/mol. The highest BCUT2D eigenvalue weighted by Gasteiger charge is 2.19. The van der Waals surface area contributed by atoms with Crippen molar-refractivity contribution in [2.75, 3.05) is 32.9 Å². The van der Waals surface area contributed by atoms with Gasteiger partial charge in [0.15, 0.2) is 16.3 Å². The van der Waals surface area contributed by atoms with E-state index in [1.807, 2.05) is 37.2 Å². The Kier molecular flexibility index (Phi) is 4.98. The number of amides is 1. The van der Waals surface area contributed by atoms with Crippen LogP contribution in [0.5, 0.6) is 11.5 Å². The fourth-order valence-corrected chi connectivity index (χ4v) is 3.98. The molecule has 150 valence electrons. The SMILES string of the molecule is COC(=O)Cn1c(=NC(=O)c2ccc(N(C)C)cc2)sc2cc3c(cc21)OCO3. The first kappa shape index (κ1) is 19.0. The Hall–Kier alpha value is -3.33. The van der Waals surface area contributed by atoms with Gasteiger partial charge in [-0.15, -0.1) is 0 Å². The summed E-state index contributed by atoms with van der Waals surface area (Å²) in [5, 5.41) is 0. The summed E-state index contributed by atoms with van der Waals surface area (Å²) in [5.74, 6) is 0.388. The van der Waals surface area contributed by atoms with Crippen molar-refractivity contribution >= 4 is 39.1 Å². The molecule has 0 bridgehead atoms. The lowest BCUT2D eigenvalue weighted by Gasteiger charge is -2.11. The number of fused-ring (bicyclic) bond motifs is 2. The minimum atomic E-state index is -0.438. The summed E-state index contributed by atoms with van der Waals surface area (Å²) in [4.78, 5) is 31.3. The minimum absolute atomic E-state index is 0.0676. The second kappa shape index (κ2) is 7.59. The van der Waals surface area contributed by atoms with Crippen LogP contribution in [0.1, 0.15) is 10.4 Å². The molecule has 0 fully saturated rings. The van der Waals surface area contributed by atoms with Gasteiger partial charge in [-0.25, -0.2) is 0 Å². The summed E-state index contributed by atoms with van der Waals surface area (Å²) in [6, 6.07) is 10.8. The Morgan fingerprint density at radius 2 is 1.86 bits per heavy atom. The quantitative estimate of drug-likeness (QED) is 0.611. The van der Waals surface area contributed by atoms with Crippen molar-refractivity contribution in [2.24, 2.45) is 4.99 Å². The van der Waals surface area contributed by atoms with Crippen molar-refractivity contribution in [1.29, 1.82) is 0 Å². The number of rotatable bonds is 4. The van der Waals surface area contributed by atoms with Gasteiger partial charge in [0.25, 0.3) is 5.91 Å². The maximum Gasteiger partial charge on any atom is 0.325 e. The van der Waals surface area contributed by atoms with E-state index >= 15 is 0 Å². The second-order valence-electron chi connectivity index (χ2n) is 6.58. The Labute approximate surface area is 170 Å². The molecule has 0 unspecified atom stereocenters. The summed E-state index contributed by atoms with van der Waals surface area (Å²) < 4.78 is 18.1. The summed E-state index contributed by atoms with van der Waals surface area (Å²) in [6.07, 6.45) is 0. The van der Waals surface area contributed by atoms with Crippen LogP contribution in [-0.2, 0) is 16.1 Å². The van der Waals surface area contributed by atoms with Gasteiger partial charge in [-0.1, -0.05) is 11.3 Å². The third kappa shape index (κ3) is 3.68. The maximum absolute atomic E-state index is 12.7. The van der Waals surface area contributed by atoms with E-state index in [2.05, 4.69) is 4.99 Å². The molecule has 29 heavy (non-hydrogen) atoms. The van der Waals surface area contributed by atoms with E-state index in [1.165, 1.54) is 18.4 Å². The van der Waals surface area contributed by atoms with Crippen LogP contribution in [0.25, 0.3) is 10.2 Å². The zero-order valence-electron chi connectivity index (χ0n) is 16.2. The smallest absolute Gasteiger partial charge is 0.325 e. The lowest BCUT2D eigenvalue weighted by Crippen LogP contribution is -2.22. The number of hydrogen-bond donors (Lipinski definition) is 0. The van der Waals surface area contributed by atoms with Crippen molar-refractivity contribution in [1.82, 2.24) is 4.57 Å². The molecule has 2 heterocycles. The zero-order valence-corrected chi connectivity index (χ0v) is 17.0. The van der Waals surface area contributed by atoms with Gasteiger partial charge in [0.05, 0.1) is 17.3 Å². The Morgan fingerprint density at radius 1 is 1.17 bits per heavy atom. The van der Waals surface area contributed by atoms with Gasteiger partial charge in [-0.05, 0) is 24.3 Å². The van der Waals surface area contributed by atoms with Gasteiger partial charge in [-0.2, -0.15) is 4.99 Å². The molecule has 0 atom stereocenters. The monoisotopic (exact) mass is 413 g/mol. The van der Waals surface area contributed by atoms with E-state index in [1.54, 1.807) is 22.8 Å². The average Bonchev–Trinajstić information content (AvgIpc) is 3.30. The average molecular weight is 413 g/mol. The molecule has 2 aromatic carbocycles. The first-order valence-corrected chi connectivity index (χ1v) is 9.64. The largest absolute Gasteiger partial charge is 0.468 e. The molecule has 1 aromatic heterocycles. The van der Waals surface area contributed by atoms with Gasteiger partial charge >= 0.3 is 5.97 Å². The summed E-state index contributed by atoms with van der Waals surface area (Å²) in [5.41, 5.74) is 2.17. The number of carbonyl (C=O) groups is 2. The summed E-state index contributed by atoms with van der Waals surface area (Å²) in [6.45, 7) is 0.0874. The lowest BCUT2D eigenvalue weighted by atomic mass is 10.2. The van der Waals surface area contributed by atoms with Crippen LogP contribution in [0.3, 0.4) is 0 Å². The number of esters is 1. The highest BCUT2D eigenvalue weighted by molar-refractivity contribution is 7.16. The molecule has 4 rings (SSSR count). The van der Waals surface area contributed by atoms with E-state index in [0.29, 0.717) is 21.9 Å². The number of ether oxygens (including phenoxy) is 3. The van der Waals surface area contributed by atoms with E-state index < -0.39 is 5.97 Å². The third-order valence-electron chi connectivity index (χ3n) is 4.52. The molecule has 1 aliphatic heterocycles. The van der Waals surface area contributed by atoms with Crippen molar-refractivity contribution in [3.8, 4) is 11.5 Å². The zero-order chi connectivity index (χ0) is 20.5. The molecule has 1 amide bonds. The van der Waals surface area contributed by atoms with Gasteiger partial charge in [0.2, 0.25) is 6.79 Å². The number of thiazole rings is 1. The highest BCUT2D eigenvalue weighted by atomic mass is 32.1. The molecule has 0 N–H and O–H groups in total. The number of benzene rings is 2. The summed E-state index contributed by atoms with van der Waals surface area (Å²) >= 11 is 1.30. The van der Waals surface area contributed by atoms with Crippen LogP contribution in [0.15, 0.2) is 41.4 Å². The number of aromatic nitrogens is 1. The lowest BCUT2D eigenvalue weighted by molar-refractivity contribution is -0.141. The minimum Gasteiger partial charge on any atom is -0.468 e. The number of carbonyl (C=O) groups excluding carboxylic acids is 2. The fourth-order valence-electron chi connectivity index (χ4n) is 2.94. The summed E-state index contributed by atoms with van der Waals surface area (Å²) in [7, 11) is 5.18. The molecule has 0 spiro atoms. The molecule has 0 saturated heterocycles. The second-order valence-corrected chi connectivity index (χ2v) is 7.59. The van der Waals surface area contributed by atoms with E-state index in [-0.39, 0.29) is 19.2 Å². The highest BCUT2D eigenvalue weighted by Crippen LogP contribution is 2.37. The number of methoxy groups -OCH3 is 1. The van der Waals surface area contributed by atoms with Crippen molar-refractivity contribution in [2.45, 2.75) is 6.54 Å². The van der Waals surface area contributed by atoms with Gasteiger partial charge in [0, 0.05) is 37.5 Å². The van der Waals surface area contributed by atoms with Crippen molar-refractivity contribution < 1.29 is 23.8 Å². The predicted molar refractivity (Wildman–Crippen MR) is 109 cm³/mol. The van der Waals surface area contributed by atoms with Crippen molar-refractivity contribution in [3.63, 3.8) is 0 Å². The third-order valence-corrected chi connectivity index (χ3v) is 5.56. The van der Waals surface area contributed by atoms with E-state index in [4.69, 9.17) is 14.2 Å². The fraction of sp³-hybridized carbons (Fsp3) is 0.250. The molecule has 9 heteroatoms. The van der Waals surface area contributed by atoms with Crippen LogP contribution < -0.4 is 19.2 Å². The molecule has 3 aromatic rings. The molecule has 1 aliphatic rings. The molecule has 0 radical (unpaired) electrons. The van der Waals surface area contributed by atoms with Gasteiger partial charge < -0.3 is 23.7 Å². The standard InChI is InChI=1S/C20H19N3O5S/c1-22(2)13-6-4-12(5-7-13)19(25)21-20-23(10-18(24)26-3)14-8-15-16(28-11-27-15)9-17(14)29-20/h4-9H,10-11H2,1-3H3. The number of anilines is 1.